The second-order valence-corrected chi connectivity index (χ2v) is 9.05. The van der Waals surface area contributed by atoms with Crippen LogP contribution in [0.3, 0.4) is 0 Å². The fraction of sp³-hybridized carbons (Fsp3) is 0.696. The van der Waals surface area contributed by atoms with E-state index >= 15 is 0 Å². The average Bonchev–Trinajstić information content (AvgIpc) is 2.77. The number of carbonyl (C=O) groups is 1. The molecule has 2 saturated heterocycles. The van der Waals surface area contributed by atoms with Gasteiger partial charge in [-0.05, 0) is 57.9 Å². The molecule has 178 valence electrons. The van der Waals surface area contributed by atoms with E-state index in [1.165, 1.54) is 12.1 Å². The van der Waals surface area contributed by atoms with Crippen LogP contribution in [0.25, 0.3) is 0 Å². The fourth-order valence-corrected chi connectivity index (χ4v) is 4.68. The third kappa shape index (κ3) is 7.51. The molecule has 1 aromatic carbocycles. The number of aliphatic carboxylic acids is 1. The van der Waals surface area contributed by atoms with Gasteiger partial charge in [0, 0.05) is 57.9 Å². The van der Waals surface area contributed by atoms with E-state index in [0.717, 1.165) is 83.9 Å². The van der Waals surface area contributed by atoms with E-state index in [4.69, 9.17) is 0 Å². The van der Waals surface area contributed by atoms with Crippen LogP contribution in [-0.2, 0) is 11.2 Å². The molecule has 0 amide bonds. The molecule has 2 aliphatic heterocycles. The number of nitro benzene ring substituents is 1. The molecule has 3 unspecified atom stereocenters. The molecule has 2 heterocycles. The first-order valence-corrected chi connectivity index (χ1v) is 11.8. The second-order valence-electron chi connectivity index (χ2n) is 9.05. The monoisotopic (exact) mass is 447 g/mol. The number of likely N-dealkylation sites (N-methyl/N-ethyl adjacent to an activating group) is 1. The standard InChI is InChI=1S/C23H37N5O4/c1-24-10-2-11-26-17-16-25(15-14-24)12-3-13-27(19-18-26)22(23(29)30)9-6-20-4-7-21(8-5-20)28(31)32/h4-5,7-8,22H,2-3,6,9-19H2,1H3,(H,29,30). The highest BCUT2D eigenvalue weighted by Gasteiger charge is 2.27. The van der Waals surface area contributed by atoms with Gasteiger partial charge in [-0.3, -0.25) is 19.8 Å². The van der Waals surface area contributed by atoms with E-state index in [1.807, 2.05) is 0 Å². The number of rotatable bonds is 6. The Morgan fingerprint density at radius 2 is 1.53 bits per heavy atom. The number of hydrogen-bond donors (Lipinski definition) is 1. The Morgan fingerprint density at radius 1 is 0.938 bits per heavy atom. The lowest BCUT2D eigenvalue weighted by Crippen LogP contribution is -2.50. The molecule has 9 nitrogen and oxygen atoms in total. The lowest BCUT2D eigenvalue weighted by Gasteiger charge is -2.36. The van der Waals surface area contributed by atoms with Gasteiger partial charge in [0.1, 0.15) is 6.04 Å². The summed E-state index contributed by atoms with van der Waals surface area (Å²) < 4.78 is 0. The number of benzene rings is 1. The van der Waals surface area contributed by atoms with E-state index in [1.54, 1.807) is 12.1 Å². The molecule has 3 rings (SSSR count). The SMILES string of the molecule is CN1CCCN2CCN(CCCN(C(CCc3ccc([N+](=O)[O-])cc3)C(=O)O)CC2)CC1. The minimum Gasteiger partial charge on any atom is -0.480 e. The molecule has 1 aromatic rings. The number of carboxylic acid groups (broad SMARTS) is 1. The van der Waals surface area contributed by atoms with E-state index in [2.05, 4.69) is 26.6 Å². The summed E-state index contributed by atoms with van der Waals surface area (Å²) in [4.78, 5) is 32.2. The van der Waals surface area contributed by atoms with Gasteiger partial charge >= 0.3 is 5.97 Å². The summed E-state index contributed by atoms with van der Waals surface area (Å²) in [7, 11) is 2.19. The minimum absolute atomic E-state index is 0.0589. The van der Waals surface area contributed by atoms with Crippen molar-refractivity contribution >= 4 is 11.7 Å². The van der Waals surface area contributed by atoms with Crippen LogP contribution in [0.15, 0.2) is 24.3 Å². The van der Waals surface area contributed by atoms with Crippen LogP contribution < -0.4 is 0 Å². The normalized spacial score (nSPS) is 25.2. The van der Waals surface area contributed by atoms with Crippen molar-refractivity contribution in [3.8, 4) is 0 Å². The summed E-state index contributed by atoms with van der Waals surface area (Å²) in [5, 5.41) is 20.8. The predicted octanol–water partition coefficient (Wildman–Crippen LogP) is 1.63. The first-order chi connectivity index (χ1) is 15.4. The number of nitrogens with zero attached hydrogens (tertiary/aromatic N) is 5. The van der Waals surface area contributed by atoms with Crippen molar-refractivity contribution in [1.82, 2.24) is 19.6 Å². The molecule has 3 atom stereocenters. The van der Waals surface area contributed by atoms with Crippen LogP contribution >= 0.6 is 0 Å². The van der Waals surface area contributed by atoms with Gasteiger partial charge in [-0.2, -0.15) is 0 Å². The molecular weight excluding hydrogens is 410 g/mol. The van der Waals surface area contributed by atoms with Gasteiger partial charge < -0.3 is 19.8 Å². The van der Waals surface area contributed by atoms with Gasteiger partial charge in [-0.1, -0.05) is 12.1 Å². The maximum Gasteiger partial charge on any atom is 0.320 e. The first kappa shape index (κ1) is 24.6. The Labute approximate surface area is 190 Å². The maximum absolute atomic E-state index is 12.2. The van der Waals surface area contributed by atoms with Gasteiger partial charge in [-0.15, -0.1) is 0 Å². The molecule has 2 aliphatic rings. The Morgan fingerprint density at radius 3 is 2.16 bits per heavy atom. The molecule has 0 radical (unpaired) electrons. The van der Waals surface area contributed by atoms with Gasteiger partial charge in [-0.25, -0.2) is 0 Å². The van der Waals surface area contributed by atoms with Gasteiger partial charge in [0.05, 0.1) is 4.92 Å². The molecule has 0 saturated carbocycles. The van der Waals surface area contributed by atoms with Crippen molar-refractivity contribution < 1.29 is 14.8 Å². The number of hydrogen-bond acceptors (Lipinski definition) is 7. The highest BCUT2D eigenvalue weighted by Crippen LogP contribution is 2.16. The number of non-ortho nitro benzene ring substituents is 1. The fourth-order valence-electron chi connectivity index (χ4n) is 4.68. The first-order valence-electron chi connectivity index (χ1n) is 11.8. The lowest BCUT2D eigenvalue weighted by atomic mass is 10.0. The highest BCUT2D eigenvalue weighted by molar-refractivity contribution is 5.73. The molecule has 2 bridgehead atoms. The molecule has 9 heteroatoms. The number of fused-ring (bicyclic) bond motifs is 3. The van der Waals surface area contributed by atoms with Crippen molar-refractivity contribution in [3.05, 3.63) is 39.9 Å². The van der Waals surface area contributed by atoms with Crippen LogP contribution in [0.1, 0.15) is 24.8 Å². The summed E-state index contributed by atoms with van der Waals surface area (Å²) in [6, 6.07) is 5.90. The van der Waals surface area contributed by atoms with Gasteiger partial charge in [0.2, 0.25) is 0 Å². The van der Waals surface area contributed by atoms with Crippen molar-refractivity contribution in [2.75, 3.05) is 72.5 Å². The zero-order valence-corrected chi connectivity index (χ0v) is 19.2. The van der Waals surface area contributed by atoms with Crippen molar-refractivity contribution in [3.63, 3.8) is 0 Å². The van der Waals surface area contributed by atoms with Crippen LogP contribution in [0.2, 0.25) is 0 Å². The topological polar surface area (TPSA) is 93.4 Å². The Kier molecular flexibility index (Phi) is 9.40. The Balaban J connectivity index is 1.64. The lowest BCUT2D eigenvalue weighted by molar-refractivity contribution is -0.384. The smallest absolute Gasteiger partial charge is 0.320 e. The van der Waals surface area contributed by atoms with E-state index < -0.39 is 16.9 Å². The minimum atomic E-state index is -0.782. The summed E-state index contributed by atoms with van der Waals surface area (Å²) in [6.07, 6.45) is 3.19. The van der Waals surface area contributed by atoms with E-state index in [0.29, 0.717) is 12.8 Å². The molecular formula is C23H37N5O4. The average molecular weight is 448 g/mol. The Hall–Kier alpha value is -2.07. The van der Waals surface area contributed by atoms with E-state index in [-0.39, 0.29) is 5.69 Å². The molecule has 1 N–H and O–H groups in total. The molecule has 0 aliphatic carbocycles. The van der Waals surface area contributed by atoms with Gasteiger partial charge in [0.15, 0.2) is 0 Å². The summed E-state index contributed by atoms with van der Waals surface area (Å²) in [5.41, 5.74) is 0.991. The third-order valence-electron chi connectivity index (χ3n) is 6.75. The predicted molar refractivity (Wildman–Crippen MR) is 124 cm³/mol. The van der Waals surface area contributed by atoms with Crippen molar-refractivity contribution in [2.45, 2.75) is 31.7 Å². The zero-order valence-electron chi connectivity index (χ0n) is 19.2. The quantitative estimate of drug-likeness (QED) is 0.520. The summed E-state index contributed by atoms with van der Waals surface area (Å²) >= 11 is 0. The molecule has 32 heavy (non-hydrogen) atoms. The number of aryl methyl sites for hydroxylation is 1. The van der Waals surface area contributed by atoms with Crippen molar-refractivity contribution in [2.24, 2.45) is 0 Å². The Bertz CT molecular complexity index is 744. The van der Waals surface area contributed by atoms with Gasteiger partial charge in [0.25, 0.3) is 5.69 Å². The number of carboxylic acids is 1. The third-order valence-corrected chi connectivity index (χ3v) is 6.75. The zero-order chi connectivity index (χ0) is 22.9. The number of nitro groups is 1. The molecule has 0 spiro atoms. The van der Waals surface area contributed by atoms with E-state index in [9.17, 15) is 20.0 Å². The van der Waals surface area contributed by atoms with Crippen molar-refractivity contribution in [1.29, 1.82) is 0 Å². The largest absolute Gasteiger partial charge is 0.480 e. The van der Waals surface area contributed by atoms with Crippen LogP contribution in [0, 0.1) is 10.1 Å². The van der Waals surface area contributed by atoms with Crippen LogP contribution in [-0.4, -0.2) is 114 Å². The summed E-state index contributed by atoms with van der Waals surface area (Å²) in [6.45, 7) is 9.82. The second kappa shape index (κ2) is 12.2. The highest BCUT2D eigenvalue weighted by atomic mass is 16.6. The van der Waals surface area contributed by atoms with Crippen LogP contribution in [0.5, 0.6) is 0 Å². The molecule has 0 aromatic heterocycles. The summed E-state index contributed by atoms with van der Waals surface area (Å²) in [5.74, 6) is -0.782. The maximum atomic E-state index is 12.2. The van der Waals surface area contributed by atoms with Crippen LogP contribution in [0.4, 0.5) is 5.69 Å². The molecule has 2 fully saturated rings.